The molecule has 0 rings (SSSR count). The molecule has 0 aromatic carbocycles. The molecule has 0 heterocycles. The molecule has 0 spiro atoms. The van der Waals surface area contributed by atoms with Crippen LogP contribution in [0.3, 0.4) is 0 Å². The first kappa shape index (κ1) is 11.4. The summed E-state index contributed by atoms with van der Waals surface area (Å²) in [4.78, 5) is 10.3. The van der Waals surface area contributed by atoms with E-state index in [1.54, 1.807) is 6.92 Å². The molecule has 1 unspecified atom stereocenters. The van der Waals surface area contributed by atoms with Crippen LogP contribution in [0.15, 0.2) is 0 Å². The molecule has 0 aliphatic carbocycles. The van der Waals surface area contributed by atoms with Crippen LogP contribution in [0.25, 0.3) is 0 Å². The molecule has 0 bridgehead atoms. The Kier molecular flexibility index (Phi) is 5.02. The summed E-state index contributed by atoms with van der Waals surface area (Å²) >= 11 is 5.09. The van der Waals surface area contributed by atoms with Gasteiger partial charge in [-0.05, 0) is 0 Å². The Morgan fingerprint density at radius 2 is 1.90 bits per heavy atom. The third-order valence-electron chi connectivity index (χ3n) is 1.03. The van der Waals surface area contributed by atoms with E-state index < -0.39 is 15.7 Å². The quantitative estimate of drug-likeness (QED) is 0.574. The van der Waals surface area contributed by atoms with Crippen LogP contribution in [-0.2, 0) is 4.79 Å². The molecular weight excluding hydrogens is 278 g/mol. The Morgan fingerprint density at radius 1 is 1.50 bits per heavy atom. The molecule has 1 nitrogen and oxygen atoms in total. The summed E-state index contributed by atoms with van der Waals surface area (Å²) in [5.74, 6) is 0. The molecule has 0 aromatic heterocycles. The fourth-order valence-electron chi connectivity index (χ4n) is 0.356. The van der Waals surface area contributed by atoms with Gasteiger partial charge in [0.2, 0.25) is 0 Å². The van der Waals surface area contributed by atoms with Crippen molar-refractivity contribution in [1.82, 2.24) is 0 Å². The van der Waals surface area contributed by atoms with E-state index in [9.17, 15) is 4.79 Å². The van der Waals surface area contributed by atoms with E-state index in [1.165, 1.54) is 0 Å². The molecule has 0 aliphatic rings. The standard InChI is InChI=1S/C4H6Cl4GeO/c1-3(2-4(5)10)9(6,7)8/h3H,2H2,1H3. The van der Waals surface area contributed by atoms with Gasteiger partial charge in [-0.1, -0.05) is 0 Å². The maximum atomic E-state index is 10.3. The van der Waals surface area contributed by atoms with Crippen molar-refractivity contribution in [2.45, 2.75) is 18.1 Å². The topological polar surface area (TPSA) is 17.1 Å². The molecular formula is C4H6Cl4GeO. The zero-order valence-corrected chi connectivity index (χ0v) is 10.3. The van der Waals surface area contributed by atoms with Crippen LogP contribution in [0, 0.1) is 0 Å². The Balaban J connectivity index is 3.85. The van der Waals surface area contributed by atoms with E-state index in [1.807, 2.05) is 0 Å². The van der Waals surface area contributed by atoms with E-state index in [0.717, 1.165) is 0 Å². The Morgan fingerprint density at radius 3 is 2.00 bits per heavy atom. The van der Waals surface area contributed by atoms with Crippen LogP contribution in [0.1, 0.15) is 13.3 Å². The first-order valence-electron chi connectivity index (χ1n) is 2.59. The van der Waals surface area contributed by atoms with Gasteiger partial charge < -0.3 is 0 Å². The second kappa shape index (κ2) is 4.41. The summed E-state index contributed by atoms with van der Waals surface area (Å²) < 4.78 is -0.157. The minimum atomic E-state index is -3.17. The maximum absolute atomic E-state index is 10.3. The van der Waals surface area contributed by atoms with Crippen molar-refractivity contribution in [1.29, 1.82) is 0 Å². The summed E-state index contributed by atoms with van der Waals surface area (Å²) in [6.07, 6.45) is 0.165. The fraction of sp³-hybridized carbons (Fsp3) is 0.750. The Bertz CT molecular complexity index is 132. The number of hydrogen-bond donors (Lipinski definition) is 0. The van der Waals surface area contributed by atoms with Crippen LogP contribution >= 0.6 is 41.6 Å². The van der Waals surface area contributed by atoms with Crippen molar-refractivity contribution < 1.29 is 4.79 Å². The van der Waals surface area contributed by atoms with E-state index in [4.69, 9.17) is 41.6 Å². The molecule has 1 atom stereocenters. The van der Waals surface area contributed by atoms with E-state index in [0.29, 0.717) is 0 Å². The van der Waals surface area contributed by atoms with Crippen molar-refractivity contribution in [3.63, 3.8) is 0 Å². The average molecular weight is 285 g/mol. The number of carbonyl (C=O) groups is 1. The van der Waals surface area contributed by atoms with Crippen LogP contribution < -0.4 is 0 Å². The Hall–Kier alpha value is 1.37. The van der Waals surface area contributed by atoms with Crippen LogP contribution in [0.2, 0.25) is 4.75 Å². The summed E-state index contributed by atoms with van der Waals surface area (Å²) in [5.41, 5.74) is 0. The second-order valence-corrected chi connectivity index (χ2v) is 19.1. The SMILES string of the molecule is C[CH](CC(=O)Cl)[Ge]([Cl])([Cl])[Cl]. The van der Waals surface area contributed by atoms with E-state index >= 15 is 0 Å². The summed E-state index contributed by atoms with van der Waals surface area (Å²) in [6.45, 7) is 1.73. The van der Waals surface area contributed by atoms with Gasteiger partial charge in [0, 0.05) is 0 Å². The number of carbonyl (C=O) groups excluding carboxylic acids is 1. The second-order valence-electron chi connectivity index (χ2n) is 2.00. The number of hydrogen-bond acceptors (Lipinski definition) is 1. The van der Waals surface area contributed by atoms with Gasteiger partial charge in [-0.2, -0.15) is 0 Å². The van der Waals surface area contributed by atoms with Crippen molar-refractivity contribution in [3.8, 4) is 0 Å². The molecule has 0 radical (unpaired) electrons. The zero-order chi connectivity index (χ0) is 8.36. The van der Waals surface area contributed by atoms with Gasteiger partial charge in [-0.15, -0.1) is 0 Å². The first-order chi connectivity index (χ1) is 4.34. The molecule has 0 saturated carbocycles. The van der Waals surface area contributed by atoms with Crippen molar-refractivity contribution in [2.24, 2.45) is 0 Å². The van der Waals surface area contributed by atoms with Crippen LogP contribution in [0.5, 0.6) is 0 Å². The zero-order valence-electron chi connectivity index (χ0n) is 5.20. The van der Waals surface area contributed by atoms with E-state index in [2.05, 4.69) is 0 Å². The van der Waals surface area contributed by atoms with Crippen molar-refractivity contribution in [3.05, 3.63) is 0 Å². The van der Waals surface area contributed by atoms with Gasteiger partial charge in [0.25, 0.3) is 0 Å². The number of rotatable bonds is 3. The average Bonchev–Trinajstić information content (AvgIpc) is 1.60. The predicted molar refractivity (Wildman–Crippen MR) is 48.2 cm³/mol. The monoisotopic (exact) mass is 284 g/mol. The molecule has 0 amide bonds. The van der Waals surface area contributed by atoms with Crippen molar-refractivity contribution >= 4 is 57.4 Å². The molecule has 0 fully saturated rings. The van der Waals surface area contributed by atoms with Crippen molar-refractivity contribution in [2.75, 3.05) is 0 Å². The van der Waals surface area contributed by atoms with Gasteiger partial charge in [-0.3, -0.25) is 0 Å². The molecule has 10 heavy (non-hydrogen) atoms. The van der Waals surface area contributed by atoms with Gasteiger partial charge in [0.05, 0.1) is 0 Å². The molecule has 0 saturated heterocycles. The molecule has 60 valence electrons. The minimum absolute atomic E-state index is 0.157. The normalized spacial score (nSPS) is 14.9. The van der Waals surface area contributed by atoms with Crippen LogP contribution in [-0.4, -0.2) is 15.7 Å². The van der Waals surface area contributed by atoms with Gasteiger partial charge in [0.15, 0.2) is 0 Å². The Labute approximate surface area is 79.9 Å². The molecule has 0 N–H and O–H groups in total. The van der Waals surface area contributed by atoms with Gasteiger partial charge >= 0.3 is 80.2 Å². The number of halogens is 4. The fourth-order valence-corrected chi connectivity index (χ4v) is 2.94. The molecule has 0 aliphatic heterocycles. The van der Waals surface area contributed by atoms with E-state index in [-0.39, 0.29) is 11.2 Å². The first-order valence-corrected chi connectivity index (χ1v) is 12.4. The van der Waals surface area contributed by atoms with Crippen LogP contribution in [0.4, 0.5) is 0 Å². The summed E-state index contributed by atoms with van der Waals surface area (Å²) in [5, 5.41) is -0.440. The predicted octanol–water partition coefficient (Wildman–Crippen LogP) is 3.19. The molecule has 6 heteroatoms. The molecule has 0 aromatic rings. The summed E-state index contributed by atoms with van der Waals surface area (Å²) in [7, 11) is 13.7. The van der Waals surface area contributed by atoms with Gasteiger partial charge in [0.1, 0.15) is 0 Å². The summed E-state index contributed by atoms with van der Waals surface area (Å²) in [6, 6.07) is 0. The third-order valence-corrected chi connectivity index (χ3v) is 9.76. The van der Waals surface area contributed by atoms with Gasteiger partial charge in [-0.25, -0.2) is 0 Å². The third kappa shape index (κ3) is 5.08.